The fourth-order valence-electron chi connectivity index (χ4n) is 3.45. The van der Waals surface area contributed by atoms with Crippen LogP contribution in [0.5, 0.6) is 0 Å². The first kappa shape index (κ1) is 20.5. The molecular formula is C22H24FN3O3. The van der Waals surface area contributed by atoms with E-state index in [4.69, 9.17) is 9.73 Å². The molecule has 152 valence electrons. The number of hydrogen-bond donors (Lipinski definition) is 0. The maximum Gasteiger partial charge on any atom is 0.331 e. The lowest BCUT2D eigenvalue weighted by molar-refractivity contribution is -0.606. The van der Waals surface area contributed by atoms with Gasteiger partial charge in [-0.3, -0.25) is 4.99 Å². The van der Waals surface area contributed by atoms with Crippen LogP contribution in [0.15, 0.2) is 66.1 Å². The Morgan fingerprint density at radius 2 is 1.97 bits per heavy atom. The highest BCUT2D eigenvalue weighted by molar-refractivity contribution is 5.92. The second kappa shape index (κ2) is 7.66. The molecule has 1 aromatic carbocycles. The number of hydrogen-bond acceptors (Lipinski definition) is 5. The van der Waals surface area contributed by atoms with Gasteiger partial charge in [0.05, 0.1) is 19.2 Å². The van der Waals surface area contributed by atoms with Crippen LogP contribution in [0.4, 0.5) is 4.39 Å². The summed E-state index contributed by atoms with van der Waals surface area (Å²) < 4.78 is 19.0. The first-order valence-corrected chi connectivity index (χ1v) is 9.24. The molecule has 0 saturated carbocycles. The molecule has 1 aliphatic rings. The van der Waals surface area contributed by atoms with E-state index in [0.29, 0.717) is 12.1 Å². The van der Waals surface area contributed by atoms with Crippen LogP contribution in [0.25, 0.3) is 0 Å². The molecule has 2 heterocycles. The molecule has 2 aromatic rings. The number of methoxy groups -OCH3 is 1. The number of carbonyl (C=O) groups is 1. The topological polar surface area (TPSA) is 68.8 Å². The van der Waals surface area contributed by atoms with Crippen molar-refractivity contribution in [3.05, 3.63) is 83.2 Å². The van der Waals surface area contributed by atoms with E-state index in [1.54, 1.807) is 24.4 Å². The Labute approximate surface area is 169 Å². The van der Waals surface area contributed by atoms with Gasteiger partial charge in [-0.25, -0.2) is 9.18 Å². The second-order valence-corrected chi connectivity index (χ2v) is 7.97. The van der Waals surface area contributed by atoms with Gasteiger partial charge in [0.15, 0.2) is 12.4 Å². The number of pyridine rings is 1. The first-order valence-electron chi connectivity index (χ1n) is 9.24. The Morgan fingerprint density at radius 3 is 2.55 bits per heavy atom. The number of esters is 1. The van der Waals surface area contributed by atoms with Crippen molar-refractivity contribution in [3.63, 3.8) is 0 Å². The Hall–Kier alpha value is -3.22. The van der Waals surface area contributed by atoms with Crippen molar-refractivity contribution in [1.82, 2.24) is 4.90 Å². The van der Waals surface area contributed by atoms with Crippen LogP contribution in [0.2, 0.25) is 0 Å². The highest BCUT2D eigenvalue weighted by Gasteiger charge is 2.45. The largest absolute Gasteiger partial charge is 0.619 e. The summed E-state index contributed by atoms with van der Waals surface area (Å²) in [7, 11) is 1.31. The third-order valence-corrected chi connectivity index (χ3v) is 4.80. The summed E-state index contributed by atoms with van der Waals surface area (Å²) in [4.78, 5) is 18.6. The summed E-state index contributed by atoms with van der Waals surface area (Å²) in [5.41, 5.74) is 0.160. The third-order valence-electron chi connectivity index (χ3n) is 4.80. The van der Waals surface area contributed by atoms with Crippen molar-refractivity contribution < 1.29 is 18.7 Å². The van der Waals surface area contributed by atoms with Crippen molar-refractivity contribution in [2.45, 2.75) is 26.3 Å². The molecule has 0 N–H and O–H groups in total. The quantitative estimate of drug-likeness (QED) is 0.344. The molecule has 0 bridgehead atoms. The van der Waals surface area contributed by atoms with Crippen LogP contribution in [-0.4, -0.2) is 30.4 Å². The number of benzene rings is 1. The van der Waals surface area contributed by atoms with E-state index in [2.05, 4.69) is 0 Å². The molecule has 29 heavy (non-hydrogen) atoms. The lowest BCUT2D eigenvalue weighted by Crippen LogP contribution is -2.37. The van der Waals surface area contributed by atoms with E-state index < -0.39 is 11.5 Å². The molecule has 6 nitrogen and oxygen atoms in total. The molecular weight excluding hydrogens is 373 g/mol. The minimum Gasteiger partial charge on any atom is -0.619 e. The summed E-state index contributed by atoms with van der Waals surface area (Å²) in [5.74, 6) is -0.0887. The fraction of sp³-hybridized carbons (Fsp3) is 0.318. The van der Waals surface area contributed by atoms with Crippen molar-refractivity contribution >= 4 is 11.8 Å². The molecule has 0 fully saturated rings. The molecule has 7 heteroatoms. The molecule has 1 atom stereocenters. The number of carbonyl (C=O) groups excluding carboxylic acids is 1. The van der Waals surface area contributed by atoms with Crippen LogP contribution in [0, 0.1) is 16.4 Å². The zero-order chi connectivity index (χ0) is 21.2. The van der Waals surface area contributed by atoms with Crippen LogP contribution in [0.3, 0.4) is 0 Å². The Morgan fingerprint density at radius 1 is 1.28 bits per heavy atom. The van der Waals surface area contributed by atoms with Crippen LogP contribution >= 0.6 is 0 Å². The van der Waals surface area contributed by atoms with Gasteiger partial charge in [-0.15, -0.1) is 0 Å². The summed E-state index contributed by atoms with van der Waals surface area (Å²) in [5, 5.41) is 12.0. The molecule has 1 aromatic heterocycles. The van der Waals surface area contributed by atoms with Crippen LogP contribution in [-0.2, 0) is 15.1 Å². The minimum atomic E-state index is -0.926. The minimum absolute atomic E-state index is 0.343. The van der Waals surface area contributed by atoms with E-state index in [9.17, 15) is 14.4 Å². The monoisotopic (exact) mass is 397 g/mol. The summed E-state index contributed by atoms with van der Waals surface area (Å²) in [6, 6.07) is 9.60. The Bertz CT molecular complexity index is 964. The predicted octanol–water partition coefficient (Wildman–Crippen LogP) is 3.15. The van der Waals surface area contributed by atoms with Crippen molar-refractivity contribution in [3.8, 4) is 0 Å². The number of aliphatic imine (C=N–C) groups is 1. The average Bonchev–Trinajstić information content (AvgIpc) is 3.08. The summed E-state index contributed by atoms with van der Waals surface area (Å²) >= 11 is 0. The van der Waals surface area contributed by atoms with Crippen molar-refractivity contribution in [2.24, 2.45) is 10.4 Å². The van der Waals surface area contributed by atoms with Crippen molar-refractivity contribution in [2.75, 3.05) is 13.7 Å². The standard InChI is InChI=1S/C22H24FN3O3/c1-21(2,3)20-24-22(16-7-9-18(23)10-8-16,17-6-5-12-26(28)14-17)15-25(20)13-11-19(27)29-4/h5-14H,15H2,1-4H3. The maximum absolute atomic E-state index is 13.6. The number of rotatable bonds is 4. The number of halogens is 1. The number of amidine groups is 1. The smallest absolute Gasteiger partial charge is 0.331 e. The Kier molecular flexibility index (Phi) is 5.42. The lowest BCUT2D eigenvalue weighted by atomic mass is 9.84. The molecule has 0 radical (unpaired) electrons. The maximum atomic E-state index is 13.6. The number of aromatic nitrogens is 1. The molecule has 1 unspecified atom stereocenters. The SMILES string of the molecule is COC(=O)C=CN1CC(c2ccc(F)cc2)(c2ccc[n+]([O-])c2)N=C1C(C)(C)C. The van der Waals surface area contributed by atoms with E-state index in [1.165, 1.54) is 37.7 Å². The predicted molar refractivity (Wildman–Crippen MR) is 107 cm³/mol. The highest BCUT2D eigenvalue weighted by atomic mass is 19.1. The fourth-order valence-corrected chi connectivity index (χ4v) is 3.45. The van der Waals surface area contributed by atoms with E-state index >= 15 is 0 Å². The van der Waals surface area contributed by atoms with Crippen LogP contribution in [0.1, 0.15) is 31.9 Å². The number of nitrogens with zero attached hydrogens (tertiary/aromatic N) is 3. The second-order valence-electron chi connectivity index (χ2n) is 7.97. The zero-order valence-corrected chi connectivity index (χ0v) is 16.9. The number of ether oxygens (including phenoxy) is 1. The molecule has 0 saturated heterocycles. The van der Waals surface area contributed by atoms with Gasteiger partial charge in [0.25, 0.3) is 0 Å². The molecule has 1 aliphatic heterocycles. The van der Waals surface area contributed by atoms with Gasteiger partial charge in [-0.05, 0) is 23.8 Å². The first-order chi connectivity index (χ1) is 13.7. The lowest BCUT2D eigenvalue weighted by Gasteiger charge is -2.28. The van der Waals surface area contributed by atoms with Gasteiger partial charge in [0.1, 0.15) is 17.2 Å². The normalized spacial score (nSPS) is 19.5. The van der Waals surface area contributed by atoms with Crippen molar-refractivity contribution in [1.29, 1.82) is 0 Å². The Balaban J connectivity index is 2.20. The van der Waals surface area contributed by atoms with Gasteiger partial charge < -0.3 is 14.8 Å². The van der Waals surface area contributed by atoms with Gasteiger partial charge >= 0.3 is 5.97 Å². The molecule has 0 amide bonds. The zero-order valence-electron chi connectivity index (χ0n) is 16.9. The van der Waals surface area contributed by atoms with Gasteiger partial charge in [-0.1, -0.05) is 32.9 Å². The molecule has 0 spiro atoms. The molecule has 3 rings (SSSR count). The molecule has 0 aliphatic carbocycles. The summed E-state index contributed by atoms with van der Waals surface area (Å²) in [6.45, 7) is 6.40. The van der Waals surface area contributed by atoms with Gasteiger partial charge in [0.2, 0.25) is 0 Å². The van der Waals surface area contributed by atoms with E-state index in [-0.39, 0.29) is 11.2 Å². The van der Waals surface area contributed by atoms with Crippen LogP contribution < -0.4 is 4.73 Å². The third kappa shape index (κ3) is 4.13. The van der Waals surface area contributed by atoms with E-state index in [0.717, 1.165) is 16.1 Å². The highest BCUT2D eigenvalue weighted by Crippen LogP contribution is 2.41. The van der Waals surface area contributed by atoms with Gasteiger partial charge in [-0.2, -0.15) is 4.73 Å². The summed E-state index contributed by atoms with van der Waals surface area (Å²) in [6.07, 6.45) is 5.84. The van der Waals surface area contributed by atoms with E-state index in [1.807, 2.05) is 31.7 Å². The van der Waals surface area contributed by atoms with Gasteiger partial charge in [0, 0.05) is 23.8 Å². The average molecular weight is 397 g/mol.